The Morgan fingerprint density at radius 3 is 2.88 bits per heavy atom. The molecule has 3 unspecified atom stereocenters. The van der Waals surface area contributed by atoms with Crippen LogP contribution in [0.5, 0.6) is 0 Å². The first-order valence-electron chi connectivity index (χ1n) is 6.80. The Morgan fingerprint density at radius 2 is 2.18 bits per heavy atom. The molecule has 98 valence electrons. The van der Waals surface area contributed by atoms with E-state index < -0.39 is 0 Å². The molecule has 0 spiro atoms. The summed E-state index contributed by atoms with van der Waals surface area (Å²) in [6.07, 6.45) is 4.06. The highest BCUT2D eigenvalue weighted by molar-refractivity contribution is 7.80. The van der Waals surface area contributed by atoms with E-state index in [4.69, 9.17) is 18.0 Å². The van der Waals surface area contributed by atoms with Crippen LogP contribution in [-0.2, 0) is 0 Å². The Morgan fingerprint density at radius 1 is 1.41 bits per heavy atom. The highest BCUT2D eigenvalue weighted by Gasteiger charge is 2.34. The molecule has 0 aromatic heterocycles. The van der Waals surface area contributed by atoms with Crippen molar-refractivity contribution in [2.24, 2.45) is 17.6 Å². The second-order valence-electron chi connectivity index (χ2n) is 5.80. The molecule has 0 aliphatic carbocycles. The molecule has 3 nitrogen and oxygen atoms in total. The monoisotopic (exact) mass is 255 g/mol. The standard InChI is InChI=1S/C13H25N3S/c1-10(13(14)17)8-16-7-5-12-11(9-16)4-3-6-15(12)2/h10-12H,3-9H2,1-2H3,(H2,14,17). The molecule has 0 amide bonds. The van der Waals surface area contributed by atoms with Crippen LogP contribution in [0.1, 0.15) is 26.2 Å². The summed E-state index contributed by atoms with van der Waals surface area (Å²) in [7, 11) is 2.28. The molecule has 0 aromatic rings. The molecule has 2 aliphatic rings. The number of nitrogens with zero attached hydrogens (tertiary/aromatic N) is 2. The van der Waals surface area contributed by atoms with Crippen LogP contribution in [0, 0.1) is 11.8 Å². The van der Waals surface area contributed by atoms with E-state index in [1.165, 1.54) is 38.9 Å². The van der Waals surface area contributed by atoms with Crippen molar-refractivity contribution in [3.8, 4) is 0 Å². The van der Waals surface area contributed by atoms with Crippen molar-refractivity contribution in [3.05, 3.63) is 0 Å². The Hall–Kier alpha value is -0.190. The maximum absolute atomic E-state index is 5.70. The summed E-state index contributed by atoms with van der Waals surface area (Å²) in [5, 5.41) is 0. The van der Waals surface area contributed by atoms with Gasteiger partial charge >= 0.3 is 0 Å². The number of rotatable bonds is 3. The molecular formula is C13H25N3S. The highest BCUT2D eigenvalue weighted by Crippen LogP contribution is 2.29. The van der Waals surface area contributed by atoms with Gasteiger partial charge in [-0.15, -0.1) is 0 Å². The summed E-state index contributed by atoms with van der Waals surface area (Å²) >= 11 is 5.06. The predicted octanol–water partition coefficient (Wildman–Crippen LogP) is 1.32. The van der Waals surface area contributed by atoms with Crippen molar-refractivity contribution in [2.75, 3.05) is 33.2 Å². The van der Waals surface area contributed by atoms with E-state index >= 15 is 0 Å². The maximum atomic E-state index is 5.70. The van der Waals surface area contributed by atoms with Crippen molar-refractivity contribution >= 4 is 17.2 Å². The quantitative estimate of drug-likeness (QED) is 0.771. The molecular weight excluding hydrogens is 230 g/mol. The van der Waals surface area contributed by atoms with Gasteiger partial charge < -0.3 is 15.5 Å². The summed E-state index contributed by atoms with van der Waals surface area (Å²) in [6.45, 7) is 6.91. The molecule has 2 heterocycles. The van der Waals surface area contributed by atoms with Crippen molar-refractivity contribution in [1.82, 2.24) is 9.80 Å². The van der Waals surface area contributed by atoms with Gasteiger partial charge in [-0.25, -0.2) is 0 Å². The van der Waals surface area contributed by atoms with Gasteiger partial charge in [0.05, 0.1) is 4.99 Å². The molecule has 0 saturated carbocycles. The minimum atomic E-state index is 0.350. The lowest BCUT2D eigenvalue weighted by Gasteiger charge is -2.46. The van der Waals surface area contributed by atoms with Gasteiger partial charge in [-0.1, -0.05) is 19.1 Å². The number of fused-ring (bicyclic) bond motifs is 1. The molecule has 2 N–H and O–H groups in total. The Kier molecular flexibility index (Phi) is 4.39. The van der Waals surface area contributed by atoms with Gasteiger partial charge in [0, 0.05) is 25.0 Å². The first-order valence-corrected chi connectivity index (χ1v) is 7.20. The minimum absolute atomic E-state index is 0.350. The van der Waals surface area contributed by atoms with Gasteiger partial charge in [0.15, 0.2) is 0 Å². The molecule has 0 bridgehead atoms. The van der Waals surface area contributed by atoms with Gasteiger partial charge in [0.1, 0.15) is 0 Å². The highest BCUT2D eigenvalue weighted by atomic mass is 32.1. The molecule has 4 heteroatoms. The SMILES string of the molecule is CC(CN1CCC2C(CCCN2C)C1)C(N)=S. The number of piperidine rings is 2. The van der Waals surface area contributed by atoms with E-state index in [2.05, 4.69) is 23.8 Å². The Bertz CT molecular complexity index is 282. The number of thiocarbonyl (C=S) groups is 1. The predicted molar refractivity (Wildman–Crippen MR) is 76.1 cm³/mol. The molecule has 2 rings (SSSR count). The normalized spacial score (nSPS) is 33.1. The zero-order valence-electron chi connectivity index (χ0n) is 11.1. The summed E-state index contributed by atoms with van der Waals surface area (Å²) in [6, 6.07) is 0.820. The number of hydrogen-bond acceptors (Lipinski definition) is 3. The molecule has 3 atom stereocenters. The second-order valence-corrected chi connectivity index (χ2v) is 6.27. The molecule has 2 saturated heterocycles. The fourth-order valence-electron chi connectivity index (χ4n) is 3.37. The zero-order chi connectivity index (χ0) is 12.4. The Labute approximate surface area is 110 Å². The third-order valence-electron chi connectivity index (χ3n) is 4.45. The summed E-state index contributed by atoms with van der Waals surface area (Å²) < 4.78 is 0. The van der Waals surface area contributed by atoms with Crippen LogP contribution < -0.4 is 5.73 Å². The van der Waals surface area contributed by atoms with Crippen LogP contribution in [0.2, 0.25) is 0 Å². The van der Waals surface area contributed by atoms with E-state index in [9.17, 15) is 0 Å². The van der Waals surface area contributed by atoms with Crippen LogP contribution in [-0.4, -0.2) is 54.1 Å². The lowest BCUT2D eigenvalue weighted by Crippen LogP contribution is -2.53. The van der Waals surface area contributed by atoms with Crippen molar-refractivity contribution in [3.63, 3.8) is 0 Å². The van der Waals surface area contributed by atoms with Crippen LogP contribution in [0.25, 0.3) is 0 Å². The lowest BCUT2D eigenvalue weighted by atomic mass is 9.84. The topological polar surface area (TPSA) is 32.5 Å². The Balaban J connectivity index is 1.87. The fraction of sp³-hybridized carbons (Fsp3) is 0.923. The molecule has 2 fully saturated rings. The molecule has 0 radical (unpaired) electrons. The van der Waals surface area contributed by atoms with E-state index in [-0.39, 0.29) is 0 Å². The minimum Gasteiger partial charge on any atom is -0.393 e. The van der Waals surface area contributed by atoms with Gasteiger partial charge in [-0.2, -0.15) is 0 Å². The van der Waals surface area contributed by atoms with Gasteiger partial charge in [-0.05, 0) is 45.3 Å². The van der Waals surface area contributed by atoms with E-state index in [1.807, 2.05) is 0 Å². The summed E-state index contributed by atoms with van der Waals surface area (Å²) in [5.74, 6) is 1.21. The average Bonchev–Trinajstić information content (AvgIpc) is 2.29. The van der Waals surface area contributed by atoms with Crippen LogP contribution >= 0.6 is 12.2 Å². The summed E-state index contributed by atoms with van der Waals surface area (Å²) in [4.78, 5) is 5.78. The van der Waals surface area contributed by atoms with Crippen LogP contribution in [0.3, 0.4) is 0 Å². The number of hydrogen-bond donors (Lipinski definition) is 1. The third-order valence-corrected chi connectivity index (χ3v) is 4.85. The smallest absolute Gasteiger partial charge is 0.0768 e. The van der Waals surface area contributed by atoms with Crippen molar-refractivity contribution in [2.45, 2.75) is 32.2 Å². The van der Waals surface area contributed by atoms with Crippen LogP contribution in [0.4, 0.5) is 0 Å². The van der Waals surface area contributed by atoms with Crippen LogP contribution in [0.15, 0.2) is 0 Å². The van der Waals surface area contributed by atoms with Crippen molar-refractivity contribution in [1.29, 1.82) is 0 Å². The maximum Gasteiger partial charge on any atom is 0.0768 e. The van der Waals surface area contributed by atoms with Gasteiger partial charge in [0.25, 0.3) is 0 Å². The average molecular weight is 255 g/mol. The second kappa shape index (κ2) is 5.63. The first kappa shape index (κ1) is 13.2. The van der Waals surface area contributed by atoms with Gasteiger partial charge in [-0.3, -0.25) is 0 Å². The zero-order valence-corrected chi connectivity index (χ0v) is 11.9. The largest absolute Gasteiger partial charge is 0.393 e. The fourth-order valence-corrected chi connectivity index (χ4v) is 3.45. The van der Waals surface area contributed by atoms with E-state index in [0.29, 0.717) is 10.9 Å². The number of likely N-dealkylation sites (tertiary alicyclic amines) is 2. The van der Waals surface area contributed by atoms with Gasteiger partial charge in [0.2, 0.25) is 0 Å². The third kappa shape index (κ3) is 3.18. The molecule has 17 heavy (non-hydrogen) atoms. The van der Waals surface area contributed by atoms with E-state index in [1.54, 1.807) is 0 Å². The van der Waals surface area contributed by atoms with E-state index in [0.717, 1.165) is 18.5 Å². The first-order chi connectivity index (χ1) is 8.08. The molecule has 2 aliphatic heterocycles. The lowest BCUT2D eigenvalue weighted by molar-refractivity contribution is 0.0364. The molecule has 0 aromatic carbocycles. The number of nitrogens with two attached hydrogens (primary N) is 1. The summed E-state index contributed by atoms with van der Waals surface area (Å²) in [5.41, 5.74) is 5.70. The van der Waals surface area contributed by atoms with Crippen molar-refractivity contribution < 1.29 is 0 Å².